The maximum atomic E-state index is 13.3. The van der Waals surface area contributed by atoms with Gasteiger partial charge in [-0.2, -0.15) is 13.2 Å². The number of alkyl halides is 3. The summed E-state index contributed by atoms with van der Waals surface area (Å²) in [6.45, 7) is 4.30. The molecule has 0 fully saturated rings. The van der Waals surface area contributed by atoms with Crippen LogP contribution in [-0.4, -0.2) is 5.11 Å². The Balaban J connectivity index is 2.10. The maximum absolute atomic E-state index is 13.3. The van der Waals surface area contributed by atoms with E-state index in [9.17, 15) is 18.3 Å². The Hall–Kier alpha value is -2.01. The highest BCUT2D eigenvalue weighted by Crippen LogP contribution is 2.56. The van der Waals surface area contributed by atoms with E-state index >= 15 is 0 Å². The second-order valence-corrected chi connectivity index (χ2v) is 8.53. The van der Waals surface area contributed by atoms with Crippen LogP contribution in [0, 0.1) is 0 Å². The molecule has 3 aromatic carbocycles. The summed E-state index contributed by atoms with van der Waals surface area (Å²) in [6.07, 6.45) is -1.49. The number of benzene rings is 3. The molecule has 1 N–H and O–H groups in total. The number of halogens is 4. The van der Waals surface area contributed by atoms with Crippen molar-refractivity contribution in [1.29, 1.82) is 0 Å². The van der Waals surface area contributed by atoms with Crippen molar-refractivity contribution in [2.24, 2.45) is 0 Å². The lowest BCUT2D eigenvalue weighted by molar-refractivity contribution is -0.137. The summed E-state index contributed by atoms with van der Waals surface area (Å²) in [5, 5.41) is 11.6. The van der Waals surface area contributed by atoms with Gasteiger partial charge in [-0.1, -0.05) is 66.9 Å². The minimum absolute atomic E-state index is 0.115. The predicted octanol–water partition coefficient (Wildman–Crippen LogP) is 7.80. The van der Waals surface area contributed by atoms with Gasteiger partial charge in [-0.15, -0.1) is 0 Å². The van der Waals surface area contributed by atoms with Gasteiger partial charge < -0.3 is 5.11 Å². The second kappa shape index (κ2) is 6.51. The van der Waals surface area contributed by atoms with Gasteiger partial charge in [-0.25, -0.2) is 0 Å². The van der Waals surface area contributed by atoms with E-state index in [1.807, 2.05) is 18.2 Å². The van der Waals surface area contributed by atoms with E-state index in [0.29, 0.717) is 9.86 Å². The summed E-state index contributed by atoms with van der Waals surface area (Å²) >= 11 is 3.36. The number of aromatic hydroxyl groups is 1. The number of phenols is 1. The van der Waals surface area contributed by atoms with E-state index in [-0.39, 0.29) is 16.6 Å². The molecular formula is C23H20BrF3O. The summed E-state index contributed by atoms with van der Waals surface area (Å²) in [5.74, 6) is -0.115. The molecule has 0 saturated heterocycles. The molecule has 0 bridgehead atoms. The van der Waals surface area contributed by atoms with Gasteiger partial charge in [-0.05, 0) is 46.9 Å². The summed E-state index contributed by atoms with van der Waals surface area (Å²) in [5.41, 5.74) is 3.03. The maximum Gasteiger partial charge on any atom is 0.416 e. The smallest absolute Gasteiger partial charge is 0.416 e. The second-order valence-electron chi connectivity index (χ2n) is 7.68. The summed E-state index contributed by atoms with van der Waals surface area (Å²) in [6, 6.07) is 11.9. The largest absolute Gasteiger partial charge is 0.507 e. The number of hydrogen-bond acceptors (Lipinski definition) is 1. The topological polar surface area (TPSA) is 20.2 Å². The van der Waals surface area contributed by atoms with Crippen LogP contribution in [0.5, 0.6) is 5.75 Å². The van der Waals surface area contributed by atoms with Crippen LogP contribution in [0.4, 0.5) is 13.2 Å². The van der Waals surface area contributed by atoms with Gasteiger partial charge in [0, 0.05) is 20.7 Å². The highest BCUT2D eigenvalue weighted by Gasteiger charge is 2.41. The Morgan fingerprint density at radius 3 is 2.46 bits per heavy atom. The van der Waals surface area contributed by atoms with Gasteiger partial charge in [-0.3, -0.25) is 0 Å². The molecule has 4 rings (SSSR count). The van der Waals surface area contributed by atoms with E-state index in [2.05, 4.69) is 35.8 Å². The molecule has 0 saturated carbocycles. The van der Waals surface area contributed by atoms with Crippen LogP contribution >= 0.6 is 15.9 Å². The highest BCUT2D eigenvalue weighted by molar-refractivity contribution is 9.10. The van der Waals surface area contributed by atoms with Gasteiger partial charge in [0.25, 0.3) is 0 Å². The zero-order valence-corrected chi connectivity index (χ0v) is 17.2. The molecule has 3 aromatic rings. The molecule has 0 aliphatic heterocycles. The van der Waals surface area contributed by atoms with Crippen molar-refractivity contribution in [2.75, 3.05) is 0 Å². The number of phenolic OH excluding ortho intramolecular Hbond substituents is 1. The molecule has 0 spiro atoms. The molecule has 5 heteroatoms. The Morgan fingerprint density at radius 1 is 1.07 bits per heavy atom. The molecule has 0 aromatic heterocycles. The van der Waals surface area contributed by atoms with Crippen LogP contribution in [0.3, 0.4) is 0 Å². The standard InChI is InChI=1S/C23H20BrF3O/c1-3-4-9-22(2)16-8-6-5-7-14(16)20-17(22)12-19(28)15-10-13(23(25,26)27)11-18(24)21(15)20/h5-8,10-12,28H,3-4,9H2,1-2H3. The average molecular weight is 449 g/mol. The Kier molecular flexibility index (Phi) is 4.49. The van der Waals surface area contributed by atoms with Gasteiger partial charge in [0.2, 0.25) is 0 Å². The van der Waals surface area contributed by atoms with E-state index in [1.165, 1.54) is 0 Å². The normalized spacial score (nSPS) is 18.4. The Morgan fingerprint density at radius 2 is 1.79 bits per heavy atom. The van der Waals surface area contributed by atoms with Crippen LogP contribution in [0.2, 0.25) is 0 Å². The van der Waals surface area contributed by atoms with E-state index in [0.717, 1.165) is 53.6 Å². The summed E-state index contributed by atoms with van der Waals surface area (Å²) in [4.78, 5) is 0. The fraction of sp³-hybridized carbons (Fsp3) is 0.304. The molecule has 1 nitrogen and oxygen atoms in total. The highest BCUT2D eigenvalue weighted by atomic mass is 79.9. The molecule has 0 amide bonds. The van der Waals surface area contributed by atoms with Crippen molar-refractivity contribution in [2.45, 2.75) is 44.7 Å². The quantitative estimate of drug-likeness (QED) is 0.433. The first-order valence-corrected chi connectivity index (χ1v) is 10.1. The molecule has 1 aliphatic carbocycles. The first-order valence-electron chi connectivity index (χ1n) is 9.35. The minimum atomic E-state index is -4.48. The third-order valence-corrected chi connectivity index (χ3v) is 6.53. The molecular weight excluding hydrogens is 429 g/mol. The molecule has 146 valence electrons. The molecule has 0 heterocycles. The number of hydrogen-bond donors (Lipinski definition) is 1. The number of rotatable bonds is 3. The van der Waals surface area contributed by atoms with Crippen LogP contribution < -0.4 is 0 Å². The Labute approximate surface area is 170 Å². The lowest BCUT2D eigenvalue weighted by atomic mass is 9.76. The van der Waals surface area contributed by atoms with Crippen molar-refractivity contribution in [3.63, 3.8) is 0 Å². The van der Waals surface area contributed by atoms with Gasteiger partial charge in [0.05, 0.1) is 5.56 Å². The Bertz CT molecular complexity index is 1090. The van der Waals surface area contributed by atoms with Gasteiger partial charge >= 0.3 is 6.18 Å². The third-order valence-electron chi connectivity index (χ3n) is 5.91. The zero-order chi connectivity index (χ0) is 20.3. The number of unbranched alkanes of at least 4 members (excludes halogenated alkanes) is 1. The van der Waals surface area contributed by atoms with Crippen molar-refractivity contribution in [3.8, 4) is 16.9 Å². The third kappa shape index (κ3) is 2.74. The average Bonchev–Trinajstić information content (AvgIpc) is 2.89. The van der Waals surface area contributed by atoms with Crippen LogP contribution in [-0.2, 0) is 11.6 Å². The van der Waals surface area contributed by atoms with E-state index in [4.69, 9.17) is 0 Å². The van der Waals surface area contributed by atoms with E-state index < -0.39 is 11.7 Å². The summed E-state index contributed by atoms with van der Waals surface area (Å²) in [7, 11) is 0. The molecule has 1 atom stereocenters. The monoisotopic (exact) mass is 448 g/mol. The first kappa shape index (κ1) is 19.3. The first-order chi connectivity index (χ1) is 13.2. The van der Waals surface area contributed by atoms with Crippen molar-refractivity contribution in [3.05, 3.63) is 63.6 Å². The zero-order valence-electron chi connectivity index (χ0n) is 15.6. The lowest BCUT2D eigenvalue weighted by Crippen LogP contribution is -2.20. The van der Waals surface area contributed by atoms with Crippen LogP contribution in [0.15, 0.2) is 46.9 Å². The van der Waals surface area contributed by atoms with Crippen LogP contribution in [0.25, 0.3) is 21.9 Å². The van der Waals surface area contributed by atoms with Gasteiger partial charge in [0.1, 0.15) is 5.75 Å². The van der Waals surface area contributed by atoms with Crippen molar-refractivity contribution >= 4 is 26.7 Å². The minimum Gasteiger partial charge on any atom is -0.507 e. The fourth-order valence-corrected chi connectivity index (χ4v) is 5.15. The lowest BCUT2D eigenvalue weighted by Gasteiger charge is -2.28. The van der Waals surface area contributed by atoms with Crippen molar-refractivity contribution in [1.82, 2.24) is 0 Å². The summed E-state index contributed by atoms with van der Waals surface area (Å²) < 4.78 is 40.2. The fourth-order valence-electron chi connectivity index (χ4n) is 4.49. The van der Waals surface area contributed by atoms with Crippen molar-refractivity contribution < 1.29 is 18.3 Å². The van der Waals surface area contributed by atoms with E-state index in [1.54, 1.807) is 6.07 Å². The molecule has 1 unspecified atom stereocenters. The number of fused-ring (bicyclic) bond motifs is 5. The SMILES string of the molecule is CCCCC1(C)c2ccccc2-c2c1cc(O)c1cc(C(F)(F)F)cc(Br)c21. The van der Waals surface area contributed by atoms with Crippen LogP contribution in [0.1, 0.15) is 49.8 Å². The molecule has 28 heavy (non-hydrogen) atoms. The molecule has 0 radical (unpaired) electrons. The van der Waals surface area contributed by atoms with Gasteiger partial charge in [0.15, 0.2) is 0 Å². The molecule has 1 aliphatic rings. The predicted molar refractivity (Wildman–Crippen MR) is 110 cm³/mol.